The third-order valence-electron chi connectivity index (χ3n) is 5.16. The van der Waals surface area contributed by atoms with Gasteiger partial charge in [-0.1, -0.05) is 26.0 Å². The van der Waals surface area contributed by atoms with Crippen LogP contribution in [0.3, 0.4) is 0 Å². The Morgan fingerprint density at radius 1 is 0.969 bits per heavy atom. The molecule has 0 aliphatic heterocycles. The highest BCUT2D eigenvalue weighted by molar-refractivity contribution is 7.92. The number of carbonyl (C=O) groups excluding carboxylic acids is 1. The van der Waals surface area contributed by atoms with E-state index in [1.807, 2.05) is 19.1 Å². The monoisotopic (exact) mass is 481 g/mol. The number of hydrogen-bond donors (Lipinski definition) is 1. The average molecular weight is 482 g/mol. The van der Waals surface area contributed by atoms with Crippen LogP contribution in [-0.4, -0.2) is 52.4 Å². The lowest BCUT2D eigenvalue weighted by molar-refractivity contribution is -0.116. The fourth-order valence-corrected chi connectivity index (χ4v) is 6.09. The molecule has 0 aromatic heterocycles. The Labute approximate surface area is 191 Å². The van der Waals surface area contributed by atoms with Gasteiger partial charge in [-0.3, -0.25) is 9.10 Å². The highest BCUT2D eigenvalue weighted by Crippen LogP contribution is 2.27. The van der Waals surface area contributed by atoms with Gasteiger partial charge < -0.3 is 5.32 Å². The average Bonchev–Trinajstić information content (AvgIpc) is 2.70. The molecule has 0 radical (unpaired) electrons. The van der Waals surface area contributed by atoms with Crippen LogP contribution in [0.4, 0.5) is 11.4 Å². The SMILES string of the molecule is CCN(CC)S(=O)(=O)c1ccc(NC(=O)[C@H](C)N(c2cc(C)ccc2C)S(C)(=O)=O)cc1. The molecule has 0 unspecified atom stereocenters. The Kier molecular flexibility index (Phi) is 8.08. The van der Waals surface area contributed by atoms with Gasteiger partial charge in [0, 0.05) is 18.8 Å². The maximum atomic E-state index is 12.9. The standard InChI is InChI=1S/C22H31N3O5S2/c1-7-24(8-2)32(29,30)20-13-11-19(12-14-20)23-22(26)18(5)25(31(6,27)28)21-15-16(3)9-10-17(21)4/h9-15,18H,7-8H2,1-6H3,(H,23,26)/t18-/m0/s1. The van der Waals surface area contributed by atoms with Crippen molar-refractivity contribution >= 4 is 37.3 Å². The Hall–Kier alpha value is -2.43. The molecule has 0 spiro atoms. The van der Waals surface area contributed by atoms with E-state index in [9.17, 15) is 21.6 Å². The van der Waals surface area contributed by atoms with Crippen molar-refractivity contribution in [1.82, 2.24) is 4.31 Å². The zero-order valence-corrected chi connectivity index (χ0v) is 20.9. The van der Waals surface area contributed by atoms with Crippen LogP contribution in [0.5, 0.6) is 0 Å². The number of benzene rings is 2. The summed E-state index contributed by atoms with van der Waals surface area (Å²) in [4.78, 5) is 13.0. The Balaban J connectivity index is 2.30. The van der Waals surface area contributed by atoms with Crippen LogP contribution in [0, 0.1) is 13.8 Å². The van der Waals surface area contributed by atoms with E-state index in [4.69, 9.17) is 0 Å². The molecular formula is C22H31N3O5S2. The number of anilines is 2. The molecule has 0 fully saturated rings. The lowest BCUT2D eigenvalue weighted by Gasteiger charge is -2.29. The van der Waals surface area contributed by atoms with Gasteiger partial charge in [0.25, 0.3) is 0 Å². The second kappa shape index (κ2) is 10.0. The fraction of sp³-hybridized carbons (Fsp3) is 0.409. The molecule has 2 rings (SSSR count). The first-order valence-corrected chi connectivity index (χ1v) is 13.6. The number of sulfonamides is 2. The largest absolute Gasteiger partial charge is 0.324 e. The molecular weight excluding hydrogens is 450 g/mol. The lowest BCUT2D eigenvalue weighted by atomic mass is 10.1. The number of aryl methyl sites for hydroxylation is 2. The van der Waals surface area contributed by atoms with E-state index < -0.39 is 32.0 Å². The zero-order chi connectivity index (χ0) is 24.3. The highest BCUT2D eigenvalue weighted by Gasteiger charge is 2.30. The maximum Gasteiger partial charge on any atom is 0.247 e. The van der Waals surface area contributed by atoms with E-state index in [-0.39, 0.29) is 4.90 Å². The van der Waals surface area contributed by atoms with E-state index >= 15 is 0 Å². The van der Waals surface area contributed by atoms with Crippen LogP contribution >= 0.6 is 0 Å². The first-order valence-electron chi connectivity index (χ1n) is 10.3. The van der Waals surface area contributed by atoms with Crippen molar-refractivity contribution in [2.45, 2.75) is 45.6 Å². The van der Waals surface area contributed by atoms with Crippen molar-refractivity contribution in [2.75, 3.05) is 29.0 Å². The minimum Gasteiger partial charge on any atom is -0.324 e. The van der Waals surface area contributed by atoms with Crippen LogP contribution < -0.4 is 9.62 Å². The van der Waals surface area contributed by atoms with Crippen LogP contribution in [0.1, 0.15) is 31.9 Å². The minimum atomic E-state index is -3.75. The van der Waals surface area contributed by atoms with Crippen molar-refractivity contribution < 1.29 is 21.6 Å². The van der Waals surface area contributed by atoms with Gasteiger partial charge in [0.2, 0.25) is 26.0 Å². The van der Waals surface area contributed by atoms with Crippen molar-refractivity contribution in [3.05, 3.63) is 53.6 Å². The topological polar surface area (TPSA) is 104 Å². The molecule has 32 heavy (non-hydrogen) atoms. The summed E-state index contributed by atoms with van der Waals surface area (Å²) in [6.45, 7) is 9.38. The second-order valence-electron chi connectivity index (χ2n) is 7.63. The molecule has 1 amide bonds. The van der Waals surface area contributed by atoms with Gasteiger partial charge >= 0.3 is 0 Å². The highest BCUT2D eigenvalue weighted by atomic mass is 32.2. The van der Waals surface area contributed by atoms with Gasteiger partial charge in [-0.05, 0) is 62.2 Å². The summed E-state index contributed by atoms with van der Waals surface area (Å²) >= 11 is 0. The molecule has 176 valence electrons. The van der Waals surface area contributed by atoms with Gasteiger partial charge in [0.15, 0.2) is 0 Å². The van der Waals surface area contributed by atoms with Gasteiger partial charge in [-0.15, -0.1) is 0 Å². The predicted octanol–water partition coefficient (Wildman–Crippen LogP) is 3.13. The maximum absolute atomic E-state index is 12.9. The molecule has 0 saturated heterocycles. The van der Waals surface area contributed by atoms with Crippen LogP contribution in [0.15, 0.2) is 47.4 Å². The molecule has 8 nitrogen and oxygen atoms in total. The van der Waals surface area contributed by atoms with E-state index in [1.165, 1.54) is 35.5 Å². The van der Waals surface area contributed by atoms with E-state index in [0.717, 1.165) is 21.7 Å². The molecule has 0 aliphatic carbocycles. The fourth-order valence-electron chi connectivity index (χ4n) is 3.41. The Bertz CT molecular complexity index is 1170. The third-order valence-corrected chi connectivity index (χ3v) is 8.45. The number of rotatable bonds is 9. The summed E-state index contributed by atoms with van der Waals surface area (Å²) in [5.41, 5.74) is 2.41. The van der Waals surface area contributed by atoms with Crippen LogP contribution in [0.2, 0.25) is 0 Å². The molecule has 0 heterocycles. The zero-order valence-electron chi connectivity index (χ0n) is 19.3. The third kappa shape index (κ3) is 5.67. The summed E-state index contributed by atoms with van der Waals surface area (Å²) in [7, 11) is -7.35. The number of hydrogen-bond acceptors (Lipinski definition) is 5. The molecule has 0 saturated carbocycles. The summed E-state index contributed by atoms with van der Waals surface area (Å²) in [6, 6.07) is 10.2. The summed E-state index contributed by atoms with van der Waals surface area (Å²) in [5.74, 6) is -0.532. The van der Waals surface area contributed by atoms with Gasteiger partial charge in [0.1, 0.15) is 6.04 Å². The van der Waals surface area contributed by atoms with Crippen molar-refractivity contribution in [2.24, 2.45) is 0 Å². The number of amides is 1. The molecule has 10 heteroatoms. The molecule has 1 atom stereocenters. The normalized spacial score (nSPS) is 13.1. The summed E-state index contributed by atoms with van der Waals surface area (Å²) in [6.07, 6.45) is 1.06. The molecule has 1 N–H and O–H groups in total. The minimum absolute atomic E-state index is 0.125. The molecule has 0 bridgehead atoms. The van der Waals surface area contributed by atoms with Gasteiger partial charge in [-0.25, -0.2) is 16.8 Å². The summed E-state index contributed by atoms with van der Waals surface area (Å²) in [5, 5.41) is 2.68. The quantitative estimate of drug-likeness (QED) is 0.593. The second-order valence-corrected chi connectivity index (χ2v) is 11.4. The van der Waals surface area contributed by atoms with Gasteiger partial charge in [0.05, 0.1) is 16.8 Å². The van der Waals surface area contributed by atoms with Crippen molar-refractivity contribution in [1.29, 1.82) is 0 Å². The molecule has 0 aliphatic rings. The van der Waals surface area contributed by atoms with Crippen LogP contribution in [0.25, 0.3) is 0 Å². The first kappa shape index (κ1) is 25.8. The number of nitrogens with one attached hydrogen (secondary N) is 1. The van der Waals surface area contributed by atoms with E-state index in [1.54, 1.807) is 26.8 Å². The van der Waals surface area contributed by atoms with Gasteiger partial charge in [-0.2, -0.15) is 4.31 Å². The van der Waals surface area contributed by atoms with E-state index in [2.05, 4.69) is 5.32 Å². The van der Waals surface area contributed by atoms with Crippen molar-refractivity contribution in [3.8, 4) is 0 Å². The Morgan fingerprint density at radius 2 is 1.53 bits per heavy atom. The number of carbonyl (C=O) groups is 1. The Morgan fingerprint density at radius 3 is 2.03 bits per heavy atom. The number of nitrogens with zero attached hydrogens (tertiary/aromatic N) is 2. The first-order chi connectivity index (χ1) is 14.8. The summed E-state index contributed by atoms with van der Waals surface area (Å²) < 4.78 is 52.8. The lowest BCUT2D eigenvalue weighted by Crippen LogP contribution is -2.45. The smallest absolute Gasteiger partial charge is 0.247 e. The molecule has 2 aromatic carbocycles. The predicted molar refractivity (Wildman–Crippen MR) is 128 cm³/mol. The molecule has 2 aromatic rings. The van der Waals surface area contributed by atoms with Crippen molar-refractivity contribution in [3.63, 3.8) is 0 Å². The van der Waals surface area contributed by atoms with Crippen LogP contribution in [-0.2, 0) is 24.8 Å². The van der Waals surface area contributed by atoms with E-state index in [0.29, 0.717) is 24.5 Å².